The van der Waals surface area contributed by atoms with Crippen LogP contribution >= 0.6 is 0 Å². The highest BCUT2D eigenvalue weighted by Crippen LogP contribution is 2.19. The molecule has 0 aliphatic heterocycles. The van der Waals surface area contributed by atoms with Crippen LogP contribution in [0, 0.1) is 0 Å². The lowest BCUT2D eigenvalue weighted by molar-refractivity contribution is -0.121. The van der Waals surface area contributed by atoms with Crippen LogP contribution in [-0.2, 0) is 28.0 Å². The second-order valence-electron chi connectivity index (χ2n) is 7.77. The van der Waals surface area contributed by atoms with Gasteiger partial charge >= 0.3 is 0 Å². The Labute approximate surface area is 209 Å². The van der Waals surface area contributed by atoms with Crippen molar-refractivity contribution in [1.29, 1.82) is 0 Å². The minimum Gasteiger partial charge on any atom is -0.488 e. The molecule has 1 amide bonds. The first kappa shape index (κ1) is 24.9. The maximum absolute atomic E-state index is 13.2. The Kier molecular flexibility index (Phi) is 8.28. The summed E-state index contributed by atoms with van der Waals surface area (Å²) in [6.45, 7) is -0.157. The van der Waals surface area contributed by atoms with Gasteiger partial charge in [-0.1, -0.05) is 60.7 Å². The molecule has 184 valence electrons. The van der Waals surface area contributed by atoms with Gasteiger partial charge in [0, 0.05) is 5.56 Å². The number of sulfonamides is 1. The molecule has 8 nitrogen and oxygen atoms in total. The molecular formula is C27H25N3O5S. The maximum Gasteiger partial charge on any atom is 0.255 e. The van der Waals surface area contributed by atoms with Crippen molar-refractivity contribution in [2.45, 2.75) is 18.0 Å². The van der Waals surface area contributed by atoms with E-state index in [1.165, 1.54) is 24.6 Å². The van der Waals surface area contributed by atoms with Crippen molar-refractivity contribution in [1.82, 2.24) is 9.73 Å². The van der Waals surface area contributed by atoms with Crippen LogP contribution in [0.3, 0.4) is 0 Å². The van der Waals surface area contributed by atoms with E-state index < -0.39 is 22.5 Å². The minimum atomic E-state index is -3.95. The average Bonchev–Trinajstić information content (AvgIpc) is 3.42. The monoisotopic (exact) mass is 503 g/mol. The SMILES string of the molecule is O=C(CN(Cc1ccco1)S(=O)(=O)c1ccccc1)N/N=C\c1ccccc1OCc1ccccc1. The van der Waals surface area contributed by atoms with Crippen LogP contribution < -0.4 is 10.2 Å². The van der Waals surface area contributed by atoms with Gasteiger partial charge in [0.2, 0.25) is 10.0 Å². The van der Waals surface area contributed by atoms with Crippen molar-refractivity contribution in [3.63, 3.8) is 0 Å². The molecule has 0 aliphatic rings. The van der Waals surface area contributed by atoms with Gasteiger partial charge in [-0.15, -0.1) is 0 Å². The molecule has 1 N–H and O–H groups in total. The highest BCUT2D eigenvalue weighted by atomic mass is 32.2. The molecule has 0 unspecified atom stereocenters. The number of nitrogens with one attached hydrogen (secondary N) is 1. The third kappa shape index (κ3) is 6.68. The number of carbonyl (C=O) groups excluding carboxylic acids is 1. The number of carbonyl (C=O) groups is 1. The summed E-state index contributed by atoms with van der Waals surface area (Å²) < 4.78 is 38.6. The molecule has 0 radical (unpaired) electrons. The van der Waals surface area contributed by atoms with Crippen LogP contribution in [-0.4, -0.2) is 31.4 Å². The van der Waals surface area contributed by atoms with Gasteiger partial charge in [0.1, 0.15) is 18.1 Å². The Morgan fingerprint density at radius 3 is 2.33 bits per heavy atom. The van der Waals surface area contributed by atoms with E-state index >= 15 is 0 Å². The average molecular weight is 504 g/mol. The van der Waals surface area contributed by atoms with E-state index in [2.05, 4.69) is 10.5 Å². The zero-order chi connectivity index (χ0) is 25.2. The molecule has 0 saturated carbocycles. The summed E-state index contributed by atoms with van der Waals surface area (Å²) in [7, 11) is -3.95. The van der Waals surface area contributed by atoms with Gasteiger partial charge in [-0.3, -0.25) is 4.79 Å². The number of para-hydroxylation sites is 1. The Morgan fingerprint density at radius 2 is 1.61 bits per heavy atom. The van der Waals surface area contributed by atoms with Crippen molar-refractivity contribution in [3.05, 3.63) is 120 Å². The Bertz CT molecular complexity index is 1390. The number of hydrazone groups is 1. The van der Waals surface area contributed by atoms with Gasteiger partial charge < -0.3 is 9.15 Å². The first-order valence-electron chi connectivity index (χ1n) is 11.2. The van der Waals surface area contributed by atoms with Crippen molar-refractivity contribution in [2.75, 3.05) is 6.54 Å². The molecule has 0 atom stereocenters. The van der Waals surface area contributed by atoms with E-state index in [1.807, 2.05) is 48.5 Å². The predicted octanol–water partition coefficient (Wildman–Crippen LogP) is 4.20. The summed E-state index contributed by atoms with van der Waals surface area (Å²) in [6.07, 6.45) is 2.91. The van der Waals surface area contributed by atoms with Crippen molar-refractivity contribution in [2.24, 2.45) is 5.10 Å². The quantitative estimate of drug-likeness (QED) is 0.244. The topological polar surface area (TPSA) is 101 Å². The standard InChI is InChI=1S/C27H25N3O5S/c31-27(20-30(19-24-13-9-17-34-24)36(32,33)25-14-5-2-6-15-25)29-28-18-23-12-7-8-16-26(23)35-21-22-10-3-1-4-11-22/h1-18H,19-21H2,(H,29,31)/b28-18-. The Morgan fingerprint density at radius 1 is 0.917 bits per heavy atom. The van der Waals surface area contributed by atoms with E-state index in [9.17, 15) is 13.2 Å². The third-order valence-electron chi connectivity index (χ3n) is 5.16. The molecule has 0 bridgehead atoms. The number of nitrogens with zero attached hydrogens (tertiary/aromatic N) is 2. The van der Waals surface area contributed by atoms with E-state index in [0.29, 0.717) is 23.7 Å². The first-order chi connectivity index (χ1) is 17.5. The number of furan rings is 1. The summed E-state index contributed by atoms with van der Waals surface area (Å²) in [5, 5.41) is 4.01. The predicted molar refractivity (Wildman–Crippen MR) is 136 cm³/mol. The number of ether oxygens (including phenoxy) is 1. The van der Waals surface area contributed by atoms with Crippen LogP contribution in [0.5, 0.6) is 5.75 Å². The molecule has 1 aromatic heterocycles. The molecule has 4 aromatic rings. The molecular weight excluding hydrogens is 478 g/mol. The van der Waals surface area contributed by atoms with Gasteiger partial charge in [0.25, 0.3) is 5.91 Å². The zero-order valence-electron chi connectivity index (χ0n) is 19.4. The lowest BCUT2D eigenvalue weighted by atomic mass is 10.2. The third-order valence-corrected chi connectivity index (χ3v) is 6.97. The first-order valence-corrected chi connectivity index (χ1v) is 12.6. The molecule has 0 aliphatic carbocycles. The summed E-state index contributed by atoms with van der Waals surface area (Å²) in [4.78, 5) is 12.7. The van der Waals surface area contributed by atoms with Crippen molar-refractivity contribution < 1.29 is 22.4 Å². The summed E-state index contributed by atoms with van der Waals surface area (Å²) >= 11 is 0. The number of benzene rings is 3. The van der Waals surface area contributed by atoms with Gasteiger partial charge in [-0.05, 0) is 42.0 Å². The number of hydrogen-bond acceptors (Lipinski definition) is 6. The lowest BCUT2D eigenvalue weighted by Crippen LogP contribution is -2.39. The fourth-order valence-electron chi connectivity index (χ4n) is 3.37. The normalized spacial score (nSPS) is 11.6. The van der Waals surface area contributed by atoms with Gasteiger partial charge in [-0.25, -0.2) is 13.8 Å². The minimum absolute atomic E-state index is 0.0809. The molecule has 0 spiro atoms. The van der Waals surface area contributed by atoms with E-state index in [4.69, 9.17) is 9.15 Å². The van der Waals surface area contributed by atoms with Gasteiger partial charge in [0.05, 0.1) is 30.5 Å². The molecule has 9 heteroatoms. The van der Waals surface area contributed by atoms with Gasteiger partial charge in [-0.2, -0.15) is 9.41 Å². The molecule has 4 rings (SSSR count). The molecule has 1 heterocycles. The summed E-state index contributed by atoms with van der Waals surface area (Å²) in [5.74, 6) is 0.417. The molecule has 0 fully saturated rings. The van der Waals surface area contributed by atoms with Crippen LogP contribution in [0.1, 0.15) is 16.9 Å². The lowest BCUT2D eigenvalue weighted by Gasteiger charge is -2.20. The van der Waals surface area contributed by atoms with Crippen LogP contribution in [0.2, 0.25) is 0 Å². The highest BCUT2D eigenvalue weighted by molar-refractivity contribution is 7.89. The number of amides is 1. The largest absolute Gasteiger partial charge is 0.488 e. The summed E-state index contributed by atoms with van der Waals surface area (Å²) in [6, 6.07) is 28.3. The van der Waals surface area contributed by atoms with E-state index in [1.54, 1.807) is 36.4 Å². The molecule has 0 saturated heterocycles. The highest BCUT2D eigenvalue weighted by Gasteiger charge is 2.27. The maximum atomic E-state index is 13.2. The molecule has 36 heavy (non-hydrogen) atoms. The van der Waals surface area contributed by atoms with E-state index in [-0.39, 0.29) is 11.4 Å². The van der Waals surface area contributed by atoms with Crippen LogP contribution in [0.15, 0.2) is 118 Å². The van der Waals surface area contributed by atoms with Crippen LogP contribution in [0.4, 0.5) is 0 Å². The number of hydrogen-bond donors (Lipinski definition) is 1. The fourth-order valence-corrected chi connectivity index (χ4v) is 4.75. The Hall–Kier alpha value is -4.21. The van der Waals surface area contributed by atoms with E-state index in [0.717, 1.165) is 9.87 Å². The number of rotatable bonds is 11. The zero-order valence-corrected chi connectivity index (χ0v) is 20.2. The van der Waals surface area contributed by atoms with Crippen molar-refractivity contribution in [3.8, 4) is 5.75 Å². The van der Waals surface area contributed by atoms with Crippen LogP contribution in [0.25, 0.3) is 0 Å². The second kappa shape index (κ2) is 12.0. The fraction of sp³-hybridized carbons (Fsp3) is 0.111. The summed E-state index contributed by atoms with van der Waals surface area (Å²) in [5.41, 5.74) is 4.09. The van der Waals surface area contributed by atoms with Gasteiger partial charge in [0.15, 0.2) is 0 Å². The van der Waals surface area contributed by atoms with Crippen molar-refractivity contribution >= 4 is 22.1 Å². The Balaban J connectivity index is 1.42. The molecule has 3 aromatic carbocycles. The second-order valence-corrected chi connectivity index (χ2v) is 9.71. The smallest absolute Gasteiger partial charge is 0.255 e.